The molecular formula is C15H15N3O3. The molecule has 21 heavy (non-hydrogen) atoms. The summed E-state index contributed by atoms with van der Waals surface area (Å²) < 4.78 is 40.2. The van der Waals surface area contributed by atoms with Crippen LogP contribution in [0.3, 0.4) is 0 Å². The van der Waals surface area contributed by atoms with E-state index in [2.05, 4.69) is 4.98 Å². The molecule has 1 aromatic heterocycles. The number of fused-ring (bicyclic) bond motifs is 1. The lowest BCUT2D eigenvalue weighted by molar-refractivity contribution is -0.132. The average Bonchev–Trinajstić information content (AvgIpc) is 2.53. The lowest BCUT2D eigenvalue weighted by atomic mass is 9.92. The Morgan fingerprint density at radius 2 is 2.24 bits per heavy atom. The van der Waals surface area contributed by atoms with Crippen molar-refractivity contribution in [1.82, 2.24) is 9.55 Å². The summed E-state index contributed by atoms with van der Waals surface area (Å²) in [5, 5.41) is -0.196. The number of anilines is 1. The number of nitrogens with zero attached hydrogens (tertiary/aromatic N) is 2. The summed E-state index contributed by atoms with van der Waals surface area (Å²) in [6.07, 6.45) is -5.07. The van der Waals surface area contributed by atoms with E-state index in [4.69, 9.17) is 12.6 Å². The van der Waals surface area contributed by atoms with Crippen molar-refractivity contribution < 1.29 is 16.4 Å². The van der Waals surface area contributed by atoms with Gasteiger partial charge in [0.05, 0.1) is 26.1 Å². The highest BCUT2D eigenvalue weighted by Gasteiger charge is 2.30. The summed E-state index contributed by atoms with van der Waals surface area (Å²) in [6.45, 7) is 1.38. The van der Waals surface area contributed by atoms with Gasteiger partial charge in [-0.05, 0) is 25.4 Å². The first-order valence-electron chi connectivity index (χ1n) is 8.82. The minimum absolute atomic E-state index is 0.0113. The predicted molar refractivity (Wildman–Crippen MR) is 78.1 cm³/mol. The molecule has 0 aliphatic heterocycles. The van der Waals surface area contributed by atoms with Crippen LogP contribution >= 0.6 is 0 Å². The van der Waals surface area contributed by atoms with Crippen LogP contribution in [0.5, 0.6) is 0 Å². The van der Waals surface area contributed by atoms with Gasteiger partial charge in [0.2, 0.25) is 0 Å². The zero-order valence-electron chi connectivity index (χ0n) is 16.1. The largest absolute Gasteiger partial charge is 0.398 e. The Balaban J connectivity index is 2.37. The minimum Gasteiger partial charge on any atom is -0.398 e. The monoisotopic (exact) mass is 290 g/mol. The molecule has 1 heterocycles. The summed E-state index contributed by atoms with van der Waals surface area (Å²) in [5.41, 5.74) is 4.71. The fourth-order valence-electron chi connectivity index (χ4n) is 2.37. The number of hydrogen-bond donors (Lipinski definition) is 1. The molecule has 1 aliphatic carbocycles. The number of ketones is 2. The number of benzene rings is 1. The first-order chi connectivity index (χ1) is 12.0. The maximum absolute atomic E-state index is 13.0. The SMILES string of the molecule is [2H]c1cc2nc(C)n(C3C(=O)CC(=O)C([2H])C3([2H])[2H])c(=O)c2c(N)c1[2H]. The number of nitrogens with two attached hydrogens (primary N) is 1. The summed E-state index contributed by atoms with van der Waals surface area (Å²) in [4.78, 5) is 41.2. The molecule has 3 rings (SSSR count). The van der Waals surface area contributed by atoms with Gasteiger partial charge in [-0.15, -0.1) is 0 Å². The van der Waals surface area contributed by atoms with Crippen LogP contribution < -0.4 is 11.3 Å². The van der Waals surface area contributed by atoms with Crippen molar-refractivity contribution in [2.24, 2.45) is 0 Å². The van der Waals surface area contributed by atoms with Crippen molar-refractivity contribution in [1.29, 1.82) is 0 Å². The molecule has 1 fully saturated rings. The number of rotatable bonds is 1. The van der Waals surface area contributed by atoms with Crippen LogP contribution in [0.25, 0.3) is 10.9 Å². The summed E-state index contributed by atoms with van der Waals surface area (Å²) in [7, 11) is 0. The highest BCUT2D eigenvalue weighted by Crippen LogP contribution is 2.24. The lowest BCUT2D eigenvalue weighted by Gasteiger charge is -2.24. The maximum atomic E-state index is 13.0. The number of carbonyl (C=O) groups is 2. The number of aromatic nitrogens is 2. The van der Waals surface area contributed by atoms with Gasteiger partial charge in [0.1, 0.15) is 11.6 Å². The van der Waals surface area contributed by atoms with E-state index in [1.807, 2.05) is 0 Å². The Bertz CT molecular complexity index is 1030. The van der Waals surface area contributed by atoms with E-state index in [-0.39, 0.29) is 34.5 Å². The molecule has 1 aliphatic rings. The van der Waals surface area contributed by atoms with Gasteiger partial charge < -0.3 is 5.73 Å². The van der Waals surface area contributed by atoms with Gasteiger partial charge in [-0.2, -0.15) is 0 Å². The fraction of sp³-hybridized carbons (Fsp3) is 0.333. The molecule has 6 nitrogen and oxygen atoms in total. The second-order valence-corrected chi connectivity index (χ2v) is 4.74. The first-order valence-corrected chi connectivity index (χ1v) is 6.24. The zero-order valence-corrected chi connectivity index (χ0v) is 11.1. The molecule has 0 radical (unpaired) electrons. The summed E-state index contributed by atoms with van der Waals surface area (Å²) in [6, 6.07) is -1.10. The van der Waals surface area contributed by atoms with Crippen LogP contribution in [0.2, 0.25) is 0 Å². The molecule has 0 saturated heterocycles. The Labute approximate surface area is 127 Å². The number of nitrogen functional groups attached to an aromatic ring is 1. The maximum Gasteiger partial charge on any atom is 0.264 e. The van der Waals surface area contributed by atoms with E-state index in [1.54, 1.807) is 0 Å². The molecule has 108 valence electrons. The van der Waals surface area contributed by atoms with Crippen molar-refractivity contribution in [3.05, 3.63) is 34.3 Å². The summed E-state index contributed by atoms with van der Waals surface area (Å²) >= 11 is 0. The number of aryl methyl sites for hydroxylation is 1. The molecule has 0 spiro atoms. The second-order valence-electron chi connectivity index (χ2n) is 4.74. The average molecular weight is 290 g/mol. The first kappa shape index (κ1) is 8.71. The number of Topliss-reactive ketones (excluding diaryl/α,β-unsaturated/α-hetero) is 2. The highest BCUT2D eigenvalue weighted by molar-refractivity contribution is 6.03. The molecule has 2 unspecified atom stereocenters. The standard InChI is InChI=1S/C15H15N3O3/c1-8-17-11-4-2-3-10(16)14(11)15(21)18(8)12-6-5-9(19)7-13(12)20/h2-4,12H,5-7,16H2,1H3/i2D,3D,5D,6D2. The molecule has 0 amide bonds. The van der Waals surface area contributed by atoms with Crippen molar-refractivity contribution >= 4 is 28.2 Å². The van der Waals surface area contributed by atoms with Crippen molar-refractivity contribution in [2.45, 2.75) is 32.2 Å². The van der Waals surface area contributed by atoms with Crippen LogP contribution in [-0.2, 0) is 9.59 Å². The Kier molecular flexibility index (Phi) is 1.99. The quantitative estimate of drug-likeness (QED) is 0.628. The van der Waals surface area contributed by atoms with Crippen LogP contribution in [0, 0.1) is 6.92 Å². The minimum atomic E-state index is -2.61. The smallest absolute Gasteiger partial charge is 0.264 e. The van der Waals surface area contributed by atoms with E-state index in [0.29, 0.717) is 0 Å². The topological polar surface area (TPSA) is 95.0 Å². The third kappa shape index (κ3) is 2.12. The molecule has 6 heteroatoms. The number of hydrogen-bond acceptors (Lipinski definition) is 5. The highest BCUT2D eigenvalue weighted by atomic mass is 16.2. The van der Waals surface area contributed by atoms with E-state index >= 15 is 0 Å². The van der Waals surface area contributed by atoms with E-state index in [0.717, 1.165) is 4.57 Å². The summed E-state index contributed by atoms with van der Waals surface area (Å²) in [5.74, 6) is -1.68. The van der Waals surface area contributed by atoms with Gasteiger partial charge in [-0.3, -0.25) is 19.0 Å². The van der Waals surface area contributed by atoms with Crippen molar-refractivity contribution in [2.75, 3.05) is 5.73 Å². The van der Waals surface area contributed by atoms with E-state index < -0.39 is 42.4 Å². The van der Waals surface area contributed by atoms with Crippen LogP contribution in [0.1, 0.15) is 37.9 Å². The van der Waals surface area contributed by atoms with E-state index in [9.17, 15) is 14.4 Å². The number of carbonyl (C=O) groups excluding carboxylic acids is 2. The molecule has 0 bridgehead atoms. The molecule has 1 aromatic carbocycles. The Morgan fingerprint density at radius 1 is 1.48 bits per heavy atom. The van der Waals surface area contributed by atoms with Gasteiger partial charge in [0.25, 0.3) is 5.56 Å². The van der Waals surface area contributed by atoms with Gasteiger partial charge in [-0.25, -0.2) is 4.98 Å². The lowest BCUT2D eigenvalue weighted by Crippen LogP contribution is -2.36. The van der Waals surface area contributed by atoms with Crippen molar-refractivity contribution in [3.63, 3.8) is 0 Å². The third-order valence-corrected chi connectivity index (χ3v) is 3.32. The third-order valence-electron chi connectivity index (χ3n) is 3.32. The predicted octanol–water partition coefficient (Wildman–Crippen LogP) is 1.15. The molecule has 2 N–H and O–H groups in total. The fourth-order valence-corrected chi connectivity index (χ4v) is 2.37. The van der Waals surface area contributed by atoms with Crippen LogP contribution in [-0.4, -0.2) is 21.1 Å². The Hall–Kier alpha value is -2.50. The van der Waals surface area contributed by atoms with Crippen molar-refractivity contribution in [3.8, 4) is 0 Å². The Morgan fingerprint density at radius 3 is 3.00 bits per heavy atom. The van der Waals surface area contributed by atoms with Gasteiger partial charge >= 0.3 is 0 Å². The van der Waals surface area contributed by atoms with Gasteiger partial charge in [0.15, 0.2) is 5.78 Å². The molecule has 2 aromatic rings. The van der Waals surface area contributed by atoms with Crippen LogP contribution in [0.15, 0.2) is 22.9 Å². The van der Waals surface area contributed by atoms with Gasteiger partial charge in [-0.1, -0.05) is 6.04 Å². The molecular weight excluding hydrogens is 270 g/mol. The normalized spacial score (nSPS) is 28.5. The van der Waals surface area contributed by atoms with Crippen LogP contribution in [0.4, 0.5) is 5.69 Å². The van der Waals surface area contributed by atoms with Gasteiger partial charge in [0, 0.05) is 16.2 Å². The molecule has 1 saturated carbocycles. The van der Waals surface area contributed by atoms with E-state index in [1.165, 1.54) is 13.0 Å². The zero-order chi connectivity index (χ0) is 19.5. The second kappa shape index (κ2) is 4.80. The molecule has 2 atom stereocenters.